The van der Waals surface area contributed by atoms with Crippen LogP contribution >= 0.6 is 0 Å². The first-order valence-electron chi connectivity index (χ1n) is 4.87. The second-order valence-electron chi connectivity index (χ2n) is 3.61. The zero-order valence-electron chi connectivity index (χ0n) is 7.92. The van der Waals surface area contributed by atoms with E-state index in [-0.39, 0.29) is 0 Å². The number of hydrogen-bond donors (Lipinski definition) is 2. The molecule has 3 heteroatoms. The van der Waals surface area contributed by atoms with Crippen LogP contribution in [-0.2, 0) is 17.6 Å². The van der Waals surface area contributed by atoms with Crippen LogP contribution in [0.15, 0.2) is 12.1 Å². The predicted molar refractivity (Wildman–Crippen MR) is 54.1 cm³/mol. The van der Waals surface area contributed by atoms with E-state index in [1.807, 2.05) is 6.07 Å². The van der Waals surface area contributed by atoms with Gasteiger partial charge in [0.05, 0.1) is 0 Å². The van der Waals surface area contributed by atoms with Gasteiger partial charge in [0.1, 0.15) is 0 Å². The fourth-order valence-electron chi connectivity index (χ4n) is 1.88. The summed E-state index contributed by atoms with van der Waals surface area (Å²) in [7, 11) is 0. The monoisotopic (exact) mass is 191 g/mol. The number of carboxylic acid groups (broad SMARTS) is 1. The van der Waals surface area contributed by atoms with Gasteiger partial charge in [-0.3, -0.25) is 0 Å². The first-order chi connectivity index (χ1) is 6.75. The predicted octanol–water partition coefficient (Wildman–Crippen LogP) is 1.99. The lowest BCUT2D eigenvalue weighted by atomic mass is 9.98. The van der Waals surface area contributed by atoms with Crippen LogP contribution in [0, 0.1) is 0 Å². The lowest BCUT2D eigenvalue weighted by Crippen LogP contribution is -1.99. The van der Waals surface area contributed by atoms with Crippen LogP contribution in [0.3, 0.4) is 0 Å². The molecule has 1 aromatic heterocycles. The number of aromatic amines is 1. The number of hydrogen-bond acceptors (Lipinski definition) is 1. The molecule has 0 fully saturated rings. The van der Waals surface area contributed by atoms with Crippen LogP contribution in [0.25, 0.3) is 6.08 Å². The molecule has 74 valence electrons. The number of carboxylic acids is 1. The minimum absolute atomic E-state index is 0.902. The van der Waals surface area contributed by atoms with Crippen molar-refractivity contribution in [3.8, 4) is 0 Å². The normalized spacial score (nSPS) is 15.7. The molecule has 0 amide bonds. The lowest BCUT2D eigenvalue weighted by molar-refractivity contribution is -0.131. The van der Waals surface area contributed by atoms with Gasteiger partial charge in [-0.15, -0.1) is 0 Å². The van der Waals surface area contributed by atoms with Crippen molar-refractivity contribution in [2.75, 3.05) is 0 Å². The standard InChI is InChI=1S/C11H13NO2/c13-11(14)6-5-9-7-8-3-1-2-4-10(8)12-9/h5-7,12H,1-4H2,(H,13,14)/b6-5+. The van der Waals surface area contributed by atoms with Gasteiger partial charge in [-0.2, -0.15) is 0 Å². The summed E-state index contributed by atoms with van der Waals surface area (Å²) in [5.41, 5.74) is 3.53. The molecule has 1 heterocycles. The minimum Gasteiger partial charge on any atom is -0.478 e. The van der Waals surface area contributed by atoms with Crippen molar-refractivity contribution in [2.24, 2.45) is 0 Å². The maximum Gasteiger partial charge on any atom is 0.328 e. The molecule has 1 aliphatic carbocycles. The molecule has 0 aliphatic heterocycles. The molecule has 2 N–H and O–H groups in total. The highest BCUT2D eigenvalue weighted by atomic mass is 16.4. The van der Waals surface area contributed by atoms with Crippen molar-refractivity contribution in [2.45, 2.75) is 25.7 Å². The Bertz CT molecular complexity index is 353. The molecule has 3 nitrogen and oxygen atoms in total. The van der Waals surface area contributed by atoms with Gasteiger partial charge in [0, 0.05) is 17.5 Å². The van der Waals surface area contributed by atoms with E-state index in [9.17, 15) is 4.79 Å². The fourth-order valence-corrected chi connectivity index (χ4v) is 1.88. The van der Waals surface area contributed by atoms with E-state index in [1.54, 1.807) is 6.08 Å². The first kappa shape index (κ1) is 9.06. The number of carbonyl (C=O) groups is 1. The average molecular weight is 191 g/mol. The Kier molecular flexibility index (Phi) is 2.39. The summed E-state index contributed by atoms with van der Waals surface area (Å²) >= 11 is 0. The topological polar surface area (TPSA) is 53.1 Å². The smallest absolute Gasteiger partial charge is 0.328 e. The largest absolute Gasteiger partial charge is 0.478 e. The summed E-state index contributed by atoms with van der Waals surface area (Å²) in [4.78, 5) is 13.6. The van der Waals surface area contributed by atoms with Crippen molar-refractivity contribution in [1.82, 2.24) is 4.98 Å². The van der Waals surface area contributed by atoms with Gasteiger partial charge in [-0.1, -0.05) is 0 Å². The third-order valence-electron chi connectivity index (χ3n) is 2.54. The van der Waals surface area contributed by atoms with Gasteiger partial charge in [0.25, 0.3) is 0 Å². The van der Waals surface area contributed by atoms with Gasteiger partial charge in [-0.05, 0) is 43.4 Å². The molecule has 0 spiro atoms. The molecule has 0 bridgehead atoms. The van der Waals surface area contributed by atoms with Crippen LogP contribution in [0.4, 0.5) is 0 Å². The third kappa shape index (κ3) is 1.87. The van der Waals surface area contributed by atoms with E-state index < -0.39 is 5.97 Å². The zero-order chi connectivity index (χ0) is 9.97. The Balaban J connectivity index is 2.20. The highest BCUT2D eigenvalue weighted by Gasteiger charge is 2.11. The van der Waals surface area contributed by atoms with Crippen LogP contribution < -0.4 is 0 Å². The summed E-state index contributed by atoms with van der Waals surface area (Å²) in [6, 6.07) is 2.05. The van der Waals surface area contributed by atoms with Crippen LogP contribution in [0.1, 0.15) is 29.8 Å². The highest BCUT2D eigenvalue weighted by molar-refractivity contribution is 5.84. The Hall–Kier alpha value is -1.51. The Morgan fingerprint density at radius 3 is 2.93 bits per heavy atom. The van der Waals surface area contributed by atoms with Gasteiger partial charge in [0.15, 0.2) is 0 Å². The molecule has 1 aliphatic rings. The Labute approximate surface area is 82.5 Å². The number of H-pyrrole nitrogens is 1. The Morgan fingerprint density at radius 2 is 2.21 bits per heavy atom. The van der Waals surface area contributed by atoms with Gasteiger partial charge in [0.2, 0.25) is 0 Å². The number of aryl methyl sites for hydroxylation is 2. The molecular formula is C11H13NO2. The number of fused-ring (bicyclic) bond motifs is 1. The second kappa shape index (κ2) is 3.70. The summed E-state index contributed by atoms with van der Waals surface area (Å²) < 4.78 is 0. The third-order valence-corrected chi connectivity index (χ3v) is 2.54. The van der Waals surface area contributed by atoms with E-state index in [1.165, 1.54) is 24.1 Å². The molecule has 0 saturated carbocycles. The summed E-state index contributed by atoms with van der Waals surface area (Å²) in [6.45, 7) is 0. The van der Waals surface area contributed by atoms with Crippen LogP contribution in [-0.4, -0.2) is 16.1 Å². The van der Waals surface area contributed by atoms with Crippen molar-refractivity contribution < 1.29 is 9.90 Å². The molecule has 0 radical (unpaired) electrons. The minimum atomic E-state index is -0.905. The van der Waals surface area contributed by atoms with E-state index in [4.69, 9.17) is 5.11 Å². The molecule has 0 unspecified atom stereocenters. The van der Waals surface area contributed by atoms with Crippen molar-refractivity contribution >= 4 is 12.0 Å². The number of rotatable bonds is 2. The summed E-state index contributed by atoms with van der Waals surface area (Å²) in [5.74, 6) is -0.905. The summed E-state index contributed by atoms with van der Waals surface area (Å²) in [5, 5.41) is 8.48. The SMILES string of the molecule is O=C(O)/C=C/c1cc2c([nH]1)CCCC2. The molecule has 14 heavy (non-hydrogen) atoms. The molecule has 1 aromatic rings. The quantitative estimate of drug-likeness (QED) is 0.702. The van der Waals surface area contributed by atoms with Crippen LogP contribution in [0.5, 0.6) is 0 Å². The Morgan fingerprint density at radius 1 is 1.43 bits per heavy atom. The van der Waals surface area contributed by atoms with Crippen LogP contribution in [0.2, 0.25) is 0 Å². The van der Waals surface area contributed by atoms with E-state index in [0.717, 1.165) is 24.6 Å². The molecule has 0 atom stereocenters. The highest BCUT2D eigenvalue weighted by Crippen LogP contribution is 2.21. The summed E-state index contributed by atoms with van der Waals surface area (Å²) in [6.07, 6.45) is 7.46. The number of aliphatic carboxylic acids is 1. The van der Waals surface area contributed by atoms with Crippen molar-refractivity contribution in [1.29, 1.82) is 0 Å². The van der Waals surface area contributed by atoms with E-state index >= 15 is 0 Å². The lowest BCUT2D eigenvalue weighted by Gasteiger charge is -2.08. The molecule has 2 rings (SSSR count). The zero-order valence-corrected chi connectivity index (χ0v) is 7.92. The molecule has 0 saturated heterocycles. The first-order valence-corrected chi connectivity index (χ1v) is 4.87. The van der Waals surface area contributed by atoms with Crippen molar-refractivity contribution in [3.63, 3.8) is 0 Å². The van der Waals surface area contributed by atoms with E-state index in [2.05, 4.69) is 4.98 Å². The van der Waals surface area contributed by atoms with Gasteiger partial charge in [-0.25, -0.2) is 4.79 Å². The van der Waals surface area contributed by atoms with Crippen molar-refractivity contribution in [3.05, 3.63) is 29.1 Å². The fraction of sp³-hybridized carbons (Fsp3) is 0.364. The number of aromatic nitrogens is 1. The molecular weight excluding hydrogens is 178 g/mol. The number of nitrogens with one attached hydrogen (secondary N) is 1. The van der Waals surface area contributed by atoms with Gasteiger partial charge < -0.3 is 10.1 Å². The maximum absolute atomic E-state index is 10.3. The van der Waals surface area contributed by atoms with E-state index in [0.29, 0.717) is 0 Å². The van der Waals surface area contributed by atoms with Gasteiger partial charge >= 0.3 is 5.97 Å². The maximum atomic E-state index is 10.3. The second-order valence-corrected chi connectivity index (χ2v) is 3.61. The molecule has 0 aromatic carbocycles. The average Bonchev–Trinajstić information content (AvgIpc) is 2.57.